The number of aryl methyl sites for hydroxylation is 1. The third kappa shape index (κ3) is 3.28. The fourth-order valence-corrected chi connectivity index (χ4v) is 3.97. The van der Waals surface area contributed by atoms with Gasteiger partial charge in [-0.15, -0.1) is 10.2 Å². The molecule has 0 amide bonds. The van der Waals surface area contributed by atoms with Crippen LogP contribution in [0.25, 0.3) is 0 Å². The van der Waals surface area contributed by atoms with E-state index in [0.29, 0.717) is 0 Å². The minimum atomic E-state index is 0.773. The Morgan fingerprint density at radius 2 is 1.95 bits per heavy atom. The zero-order chi connectivity index (χ0) is 13.1. The van der Waals surface area contributed by atoms with E-state index in [1.165, 1.54) is 34.6 Å². The van der Waals surface area contributed by atoms with Crippen LogP contribution in [-0.4, -0.2) is 19.6 Å². The van der Waals surface area contributed by atoms with Gasteiger partial charge in [0, 0.05) is 5.69 Å². The van der Waals surface area contributed by atoms with Crippen LogP contribution in [0.4, 0.5) is 10.8 Å². The number of para-hydroxylation sites is 1. The molecule has 0 atom stereocenters. The van der Waals surface area contributed by atoms with Gasteiger partial charge in [-0.2, -0.15) is 4.37 Å². The topological polar surface area (TPSA) is 63.6 Å². The van der Waals surface area contributed by atoms with Crippen molar-refractivity contribution in [2.24, 2.45) is 0 Å². The molecule has 0 unspecified atom stereocenters. The summed E-state index contributed by atoms with van der Waals surface area (Å²) in [6, 6.07) is 9.90. The van der Waals surface area contributed by atoms with Crippen molar-refractivity contribution in [1.29, 1.82) is 0 Å². The maximum atomic E-state index is 4.29. The highest BCUT2D eigenvalue weighted by Crippen LogP contribution is 2.33. The van der Waals surface area contributed by atoms with Gasteiger partial charge in [0.25, 0.3) is 0 Å². The summed E-state index contributed by atoms with van der Waals surface area (Å²) in [5.74, 6) is 0.791. The van der Waals surface area contributed by atoms with E-state index in [2.05, 4.69) is 24.9 Å². The second-order valence-electron chi connectivity index (χ2n) is 3.57. The zero-order valence-electron chi connectivity index (χ0n) is 9.90. The number of hydrogen-bond donors (Lipinski definition) is 1. The summed E-state index contributed by atoms with van der Waals surface area (Å²) >= 11 is 4.37. The summed E-state index contributed by atoms with van der Waals surface area (Å²) in [6.45, 7) is 1.88. The van der Waals surface area contributed by atoms with Crippen LogP contribution in [0.2, 0.25) is 0 Å². The van der Waals surface area contributed by atoms with E-state index in [1.54, 1.807) is 0 Å². The van der Waals surface area contributed by atoms with Crippen LogP contribution in [-0.2, 0) is 0 Å². The van der Waals surface area contributed by atoms with Crippen molar-refractivity contribution in [3.63, 3.8) is 0 Å². The van der Waals surface area contributed by atoms with Crippen LogP contribution < -0.4 is 5.32 Å². The molecule has 0 saturated heterocycles. The molecule has 19 heavy (non-hydrogen) atoms. The van der Waals surface area contributed by atoms with Gasteiger partial charge in [0.15, 0.2) is 8.68 Å². The summed E-state index contributed by atoms with van der Waals surface area (Å²) < 4.78 is 5.88. The van der Waals surface area contributed by atoms with E-state index in [-0.39, 0.29) is 0 Å². The van der Waals surface area contributed by atoms with Crippen LogP contribution in [0.3, 0.4) is 0 Å². The van der Waals surface area contributed by atoms with Gasteiger partial charge in [0.1, 0.15) is 5.82 Å². The molecule has 0 aliphatic carbocycles. The van der Waals surface area contributed by atoms with Gasteiger partial charge in [0.05, 0.1) is 0 Å². The van der Waals surface area contributed by atoms with Gasteiger partial charge in [-0.25, -0.2) is 4.98 Å². The van der Waals surface area contributed by atoms with Crippen molar-refractivity contribution in [3.05, 3.63) is 36.2 Å². The lowest BCUT2D eigenvalue weighted by molar-refractivity contribution is 1.01. The number of rotatable bonds is 4. The Hall–Kier alpha value is -1.51. The summed E-state index contributed by atoms with van der Waals surface area (Å²) in [7, 11) is 0. The van der Waals surface area contributed by atoms with Gasteiger partial charge < -0.3 is 5.32 Å². The minimum absolute atomic E-state index is 0.773. The van der Waals surface area contributed by atoms with Crippen molar-refractivity contribution in [2.75, 3.05) is 5.32 Å². The maximum Gasteiger partial charge on any atom is 0.210 e. The van der Waals surface area contributed by atoms with Crippen molar-refractivity contribution >= 4 is 45.5 Å². The number of nitrogens with one attached hydrogen (secondary N) is 1. The Balaban J connectivity index is 1.69. The van der Waals surface area contributed by atoms with Crippen molar-refractivity contribution in [3.8, 4) is 0 Å². The summed E-state index contributed by atoms with van der Waals surface area (Å²) in [4.78, 5) is 4.29. The molecule has 0 aliphatic rings. The highest BCUT2D eigenvalue weighted by molar-refractivity contribution is 8.02. The van der Waals surface area contributed by atoms with E-state index in [0.717, 1.165) is 25.3 Å². The monoisotopic (exact) mass is 307 g/mol. The third-order valence-electron chi connectivity index (χ3n) is 2.12. The highest BCUT2D eigenvalue weighted by atomic mass is 32.2. The van der Waals surface area contributed by atoms with Crippen LogP contribution in [0.15, 0.2) is 39.0 Å². The van der Waals surface area contributed by atoms with Gasteiger partial charge in [-0.05, 0) is 42.4 Å². The number of nitrogens with zero attached hydrogens (tertiary/aromatic N) is 4. The molecule has 1 aromatic carbocycles. The minimum Gasteiger partial charge on any atom is -0.330 e. The van der Waals surface area contributed by atoms with Crippen molar-refractivity contribution < 1.29 is 0 Å². The SMILES string of the molecule is Cc1nsc(Sc2nnc(Nc3ccccc3)s2)n1. The highest BCUT2D eigenvalue weighted by Gasteiger charge is 2.09. The molecule has 0 saturated carbocycles. The van der Waals surface area contributed by atoms with E-state index >= 15 is 0 Å². The molecule has 2 aromatic heterocycles. The summed E-state index contributed by atoms with van der Waals surface area (Å²) in [5.41, 5.74) is 1.00. The largest absolute Gasteiger partial charge is 0.330 e. The summed E-state index contributed by atoms with van der Waals surface area (Å²) in [6.07, 6.45) is 0. The fraction of sp³-hybridized carbons (Fsp3) is 0.0909. The van der Waals surface area contributed by atoms with Crippen molar-refractivity contribution in [1.82, 2.24) is 19.6 Å². The first kappa shape index (κ1) is 12.5. The molecular formula is C11H9N5S3. The van der Waals surface area contributed by atoms with E-state index < -0.39 is 0 Å². The van der Waals surface area contributed by atoms with Gasteiger partial charge in [0.2, 0.25) is 5.13 Å². The molecule has 96 valence electrons. The maximum absolute atomic E-state index is 4.29. The fourth-order valence-electron chi connectivity index (χ4n) is 1.34. The molecule has 0 radical (unpaired) electrons. The Bertz CT molecular complexity index is 664. The molecule has 2 heterocycles. The predicted octanol–water partition coefficient (Wildman–Crippen LogP) is 3.59. The molecule has 0 fully saturated rings. The quantitative estimate of drug-likeness (QED) is 0.794. The molecule has 8 heteroatoms. The first-order valence-corrected chi connectivity index (χ1v) is 7.84. The average molecular weight is 307 g/mol. The molecule has 0 aliphatic heterocycles. The van der Waals surface area contributed by atoms with Gasteiger partial charge >= 0.3 is 0 Å². The molecule has 3 rings (SSSR count). The van der Waals surface area contributed by atoms with Crippen LogP contribution in [0.1, 0.15) is 5.82 Å². The molecule has 0 bridgehead atoms. The summed E-state index contributed by atoms with van der Waals surface area (Å²) in [5, 5.41) is 12.2. The van der Waals surface area contributed by atoms with Gasteiger partial charge in [-0.1, -0.05) is 29.5 Å². The Labute approximate surface area is 122 Å². The number of benzene rings is 1. The normalized spacial score (nSPS) is 10.6. The number of anilines is 2. The van der Waals surface area contributed by atoms with E-state index in [1.807, 2.05) is 37.3 Å². The number of aromatic nitrogens is 4. The van der Waals surface area contributed by atoms with Crippen molar-refractivity contribution in [2.45, 2.75) is 15.6 Å². The van der Waals surface area contributed by atoms with Gasteiger partial charge in [-0.3, -0.25) is 0 Å². The van der Waals surface area contributed by atoms with E-state index in [9.17, 15) is 0 Å². The van der Waals surface area contributed by atoms with E-state index in [4.69, 9.17) is 0 Å². The predicted molar refractivity (Wildman–Crippen MR) is 78.4 cm³/mol. The first-order chi connectivity index (χ1) is 9.29. The molecular weight excluding hydrogens is 298 g/mol. The molecule has 5 nitrogen and oxygen atoms in total. The lowest BCUT2D eigenvalue weighted by Crippen LogP contribution is -1.87. The smallest absolute Gasteiger partial charge is 0.210 e. The molecule has 1 N–H and O–H groups in total. The lowest BCUT2D eigenvalue weighted by atomic mass is 10.3. The van der Waals surface area contributed by atoms with Crippen LogP contribution in [0, 0.1) is 6.92 Å². The average Bonchev–Trinajstić information content (AvgIpc) is 3.01. The Morgan fingerprint density at radius 3 is 2.68 bits per heavy atom. The Morgan fingerprint density at radius 1 is 1.11 bits per heavy atom. The lowest BCUT2D eigenvalue weighted by Gasteiger charge is -1.99. The third-order valence-corrected chi connectivity index (χ3v) is 4.85. The zero-order valence-corrected chi connectivity index (χ0v) is 12.3. The number of hydrogen-bond acceptors (Lipinski definition) is 8. The first-order valence-electron chi connectivity index (χ1n) is 5.43. The second kappa shape index (κ2) is 5.64. The van der Waals surface area contributed by atoms with Crippen LogP contribution >= 0.6 is 34.6 Å². The molecule has 0 spiro atoms. The standard InChI is InChI=1S/C11H9N5S3/c1-7-12-10(19-16-7)18-11-15-14-9(17-11)13-8-5-3-2-4-6-8/h2-6H,1H3,(H,13,14). The Kier molecular flexibility index (Phi) is 3.72. The van der Waals surface area contributed by atoms with Crippen LogP contribution in [0.5, 0.6) is 0 Å². The second-order valence-corrected chi connectivity index (χ2v) is 6.80. The molecule has 3 aromatic rings.